The van der Waals surface area contributed by atoms with Gasteiger partial charge in [0.1, 0.15) is 29.2 Å². The third kappa shape index (κ3) is 21.1. The van der Waals surface area contributed by atoms with Crippen LogP contribution in [-0.4, -0.2) is 218 Å². The number of benzene rings is 3. The van der Waals surface area contributed by atoms with Crippen molar-refractivity contribution in [2.75, 3.05) is 108 Å². The van der Waals surface area contributed by atoms with Crippen molar-refractivity contribution in [1.82, 2.24) is 90.5 Å². The van der Waals surface area contributed by atoms with Crippen molar-refractivity contribution in [2.45, 2.75) is 104 Å². The molecule has 600 valence electrons. The number of aliphatic hydroxyl groups excluding tert-OH is 1. The summed E-state index contributed by atoms with van der Waals surface area (Å²) in [4.78, 5) is 97.5. The van der Waals surface area contributed by atoms with Gasteiger partial charge in [-0.1, -0.05) is 34.0 Å². The lowest BCUT2D eigenvalue weighted by Crippen LogP contribution is -2.50. The average molecular weight is 1620 g/mol. The van der Waals surface area contributed by atoms with Gasteiger partial charge in [-0.15, -0.1) is 0 Å². The molecule has 0 unspecified atom stereocenters. The van der Waals surface area contributed by atoms with Gasteiger partial charge in [0.2, 0.25) is 0 Å². The van der Waals surface area contributed by atoms with E-state index < -0.39 is 16.8 Å². The van der Waals surface area contributed by atoms with E-state index in [1.165, 1.54) is 34.0 Å². The van der Waals surface area contributed by atoms with Crippen molar-refractivity contribution in [2.24, 2.45) is 0 Å². The number of β-amino-alcohol motifs (C(OH)–C–C–N with tert-alkyl or cyclic N) is 1. The summed E-state index contributed by atoms with van der Waals surface area (Å²) in [6.45, 7) is 26.4. The second kappa shape index (κ2) is 36.4. The van der Waals surface area contributed by atoms with Crippen molar-refractivity contribution in [3.63, 3.8) is 0 Å². The number of nitrogens with zero attached hydrogens (tertiary/aromatic N) is 15. The zero-order valence-electron chi connectivity index (χ0n) is 65.6. The SMILES string of the molecule is CCNC(=O)Nc1nc2cc(-c3cnc(C(C)(C)O)nc3)cc(-c3cc(CN4CC(O)C4)ccn3)c2s1.CCNC(=O)Nc1nc2cc(-c3cnc(C(C)(C)O)nc3)cc(-c3cc(CN4CC(OC)C4)ccn3)c2s1.CCNC(=O)Nc1nc2cc(-c3cnc(C(C)(C)O)nc3)cc(-c3cc(OCCN4CCOCC4)ccn3)c2s1. The average Bonchev–Trinajstić information content (AvgIpc) is 1.68. The number of nitrogens with one attached hydrogen (secondary N) is 6. The van der Waals surface area contributed by atoms with Crippen LogP contribution >= 0.6 is 34.0 Å². The largest absolute Gasteiger partial charge is 0.492 e. The molecule has 115 heavy (non-hydrogen) atoms. The summed E-state index contributed by atoms with van der Waals surface area (Å²) in [5.74, 6) is 1.74. The minimum atomic E-state index is -1.14. The first-order chi connectivity index (χ1) is 55.2. The summed E-state index contributed by atoms with van der Waals surface area (Å²) < 4.78 is 19.6. The number of hydrogen-bond acceptors (Lipinski definition) is 28. The van der Waals surface area contributed by atoms with Crippen molar-refractivity contribution in [1.29, 1.82) is 0 Å². The van der Waals surface area contributed by atoms with Crippen LogP contribution < -0.4 is 36.6 Å². The normalized spacial score (nSPS) is 14.4. The zero-order chi connectivity index (χ0) is 81.1. The van der Waals surface area contributed by atoms with Gasteiger partial charge in [0.25, 0.3) is 0 Å². The Morgan fingerprint density at radius 1 is 0.478 bits per heavy atom. The van der Waals surface area contributed by atoms with Crippen LogP contribution in [0.3, 0.4) is 0 Å². The van der Waals surface area contributed by atoms with Gasteiger partial charge in [0, 0.05) is 181 Å². The van der Waals surface area contributed by atoms with Crippen molar-refractivity contribution in [3.05, 3.63) is 157 Å². The highest BCUT2D eigenvalue weighted by Crippen LogP contribution is 2.43. The van der Waals surface area contributed by atoms with Crippen molar-refractivity contribution < 1.29 is 49.0 Å². The number of carbonyl (C=O) groups is 3. The van der Waals surface area contributed by atoms with Crippen molar-refractivity contribution in [3.8, 4) is 72.9 Å². The number of aromatic nitrogens is 12. The minimum Gasteiger partial charge on any atom is -0.492 e. The number of anilines is 3. The van der Waals surface area contributed by atoms with Crippen LogP contribution in [0.15, 0.2) is 129 Å². The second-order valence-electron chi connectivity index (χ2n) is 29.4. The number of aliphatic hydroxyl groups is 4. The number of urea groups is 3. The van der Waals surface area contributed by atoms with Crippen molar-refractivity contribution >= 4 is 98.1 Å². The maximum atomic E-state index is 12.2. The van der Waals surface area contributed by atoms with Gasteiger partial charge in [-0.05, 0) is 157 Å². The molecule has 9 aromatic heterocycles. The molecule has 3 aromatic carbocycles. The number of methoxy groups -OCH3 is 1. The molecule has 0 saturated carbocycles. The molecular weight excluding hydrogens is 1520 g/mol. The Labute approximate surface area is 676 Å². The van der Waals surface area contributed by atoms with E-state index >= 15 is 0 Å². The fourth-order valence-electron chi connectivity index (χ4n) is 12.8. The predicted molar refractivity (Wildman–Crippen MR) is 446 cm³/mol. The quantitative estimate of drug-likeness (QED) is 0.0269. The minimum absolute atomic E-state index is 0.254. The van der Waals surface area contributed by atoms with Crippen LogP contribution in [0.4, 0.5) is 29.8 Å². The van der Waals surface area contributed by atoms with E-state index in [0.29, 0.717) is 89.3 Å². The van der Waals surface area contributed by atoms with Gasteiger partial charge in [-0.2, -0.15) is 0 Å². The maximum Gasteiger partial charge on any atom is 0.321 e. The molecule has 6 amide bonds. The summed E-state index contributed by atoms with van der Waals surface area (Å²) in [7, 11) is 1.75. The molecule has 12 aromatic rings. The highest BCUT2D eigenvalue weighted by molar-refractivity contribution is 7.23. The molecule has 0 radical (unpaired) electrons. The number of pyridine rings is 3. The first kappa shape index (κ1) is 82.3. The van der Waals surface area contributed by atoms with Gasteiger partial charge in [0.15, 0.2) is 32.9 Å². The van der Waals surface area contributed by atoms with Gasteiger partial charge in [-0.3, -0.25) is 45.6 Å². The Morgan fingerprint density at radius 2 is 0.835 bits per heavy atom. The van der Waals surface area contributed by atoms with Crippen LogP contribution in [0.1, 0.15) is 90.9 Å². The Balaban J connectivity index is 0.000000150. The predicted octanol–water partition coefficient (Wildman–Crippen LogP) is 11.3. The third-order valence-corrected chi connectivity index (χ3v) is 21.8. The summed E-state index contributed by atoms with van der Waals surface area (Å²) in [6.07, 6.45) is 15.5. The summed E-state index contributed by atoms with van der Waals surface area (Å²) in [5, 5.41) is 58.4. The van der Waals surface area contributed by atoms with E-state index in [9.17, 15) is 34.8 Å². The van der Waals surface area contributed by atoms with E-state index in [4.69, 9.17) is 24.2 Å². The maximum absolute atomic E-state index is 12.2. The second-order valence-corrected chi connectivity index (χ2v) is 32.4. The molecule has 3 fully saturated rings. The first-order valence-corrected chi connectivity index (χ1v) is 40.3. The number of rotatable bonds is 24. The van der Waals surface area contributed by atoms with E-state index in [1.54, 1.807) is 98.2 Å². The Kier molecular flexibility index (Phi) is 26.0. The van der Waals surface area contributed by atoms with Gasteiger partial charge < -0.3 is 50.6 Å². The molecule has 3 aliphatic rings. The zero-order valence-corrected chi connectivity index (χ0v) is 68.0. The lowest BCUT2D eigenvalue weighted by molar-refractivity contribution is -0.0334. The number of carbonyl (C=O) groups excluding carboxylic acids is 3. The van der Waals surface area contributed by atoms with E-state index in [-0.39, 0.29) is 24.2 Å². The Bertz CT molecular complexity index is 5390. The molecule has 12 heterocycles. The molecule has 0 atom stereocenters. The molecular formula is C81H93N21O10S3. The van der Waals surface area contributed by atoms with E-state index in [0.717, 1.165) is 163 Å². The molecule has 0 spiro atoms. The number of amides is 6. The van der Waals surface area contributed by atoms with Gasteiger partial charge in [-0.25, -0.2) is 59.2 Å². The number of likely N-dealkylation sites (tertiary alicyclic amines) is 2. The molecule has 0 aliphatic carbocycles. The summed E-state index contributed by atoms with van der Waals surface area (Å²) in [6, 6.07) is 22.9. The van der Waals surface area contributed by atoms with E-state index in [2.05, 4.69) is 109 Å². The number of ether oxygens (including phenoxy) is 3. The fraction of sp³-hybridized carbons (Fsp3) is 0.370. The fourth-order valence-corrected chi connectivity index (χ4v) is 15.7. The Hall–Kier alpha value is -10.7. The molecule has 31 nitrogen and oxygen atoms in total. The summed E-state index contributed by atoms with van der Waals surface area (Å²) in [5.41, 5.74) is 10.8. The number of fused-ring (bicyclic) bond motifs is 3. The number of morpholine rings is 1. The molecule has 10 N–H and O–H groups in total. The molecule has 34 heteroatoms. The third-order valence-electron chi connectivity index (χ3n) is 18.7. The first-order valence-electron chi connectivity index (χ1n) is 37.8. The van der Waals surface area contributed by atoms with Gasteiger partial charge >= 0.3 is 18.1 Å². The lowest BCUT2D eigenvalue weighted by atomic mass is 10.0. The number of hydrogen-bond donors (Lipinski definition) is 10. The number of thiazole rings is 3. The van der Waals surface area contributed by atoms with Crippen LogP contribution in [-0.2, 0) is 39.4 Å². The van der Waals surface area contributed by atoms with Crippen LogP contribution in [0, 0.1) is 0 Å². The summed E-state index contributed by atoms with van der Waals surface area (Å²) >= 11 is 4.17. The lowest BCUT2D eigenvalue weighted by Gasteiger charge is -2.38. The topological polar surface area (TPSA) is 396 Å². The molecule has 3 aliphatic heterocycles. The standard InChI is InChI=1S/C28H33N7O4S.C27H31N7O3S.C26H29N7O3S/c1-4-29-26(36)34-27-33-23-14-18(19-16-31-25(32-17-19)28(2,3)37)13-21(24(23)40-27)22-15-20(5-6-30-22)39-12-9-35-7-10-38-11-8-35;1-5-28-25(35)33-26-32-22-10-17(18-11-30-24(31-12-18)27(2,3)36)9-20(23(22)38-26)21-8-16(6-7-29-21)13-34-14-19(15-34)37-4;1-4-27-24(35)32-25-31-21-9-16(17-10-29-23(30-11-17)26(2,3)36)8-19(22(21)37-25)20-7-15(5-6-28-20)12-33-13-18(34)14-33/h5-6,13-17,37H,4,7-12H2,1-3H3,(H2,29,33,34,36);6-12,19,36H,5,13-15H2,1-4H3,(H2,28,32,33,35);5-11,18,34,36H,4,12-14H2,1-3H3,(H2,27,31,32,35). The molecule has 3 saturated heterocycles. The van der Waals surface area contributed by atoms with Crippen LogP contribution in [0.5, 0.6) is 5.75 Å². The highest BCUT2D eigenvalue weighted by Gasteiger charge is 2.29. The monoisotopic (exact) mass is 1620 g/mol. The van der Waals surface area contributed by atoms with E-state index in [1.807, 2.05) is 87.6 Å². The van der Waals surface area contributed by atoms with Crippen LogP contribution in [0.25, 0.3) is 97.8 Å². The molecule has 15 rings (SSSR count). The highest BCUT2D eigenvalue weighted by atomic mass is 32.1. The smallest absolute Gasteiger partial charge is 0.321 e. The Morgan fingerprint density at radius 3 is 1.18 bits per heavy atom. The van der Waals surface area contributed by atoms with Gasteiger partial charge in [0.05, 0.1) is 73.2 Å². The van der Waals surface area contributed by atoms with Crippen LogP contribution in [0.2, 0.25) is 0 Å². The molecule has 0 bridgehead atoms.